The van der Waals surface area contributed by atoms with E-state index in [1.54, 1.807) is 28.6 Å². The average Bonchev–Trinajstić information content (AvgIpc) is 2.78. The van der Waals surface area contributed by atoms with Gasteiger partial charge in [-0.25, -0.2) is 8.42 Å². The van der Waals surface area contributed by atoms with Crippen molar-refractivity contribution in [3.8, 4) is 0 Å². The number of benzene rings is 1. The summed E-state index contributed by atoms with van der Waals surface area (Å²) >= 11 is 0. The number of carbonyl (C=O) groups is 1. The number of hydrogen-bond acceptors (Lipinski definition) is 5. The van der Waals surface area contributed by atoms with Crippen LogP contribution in [0.5, 0.6) is 0 Å². The summed E-state index contributed by atoms with van der Waals surface area (Å²) < 4.78 is 27.5. The van der Waals surface area contributed by atoms with Crippen molar-refractivity contribution in [2.24, 2.45) is 11.8 Å². The first-order valence-corrected chi connectivity index (χ1v) is 10.6. The second kappa shape index (κ2) is 10.8. The largest absolute Gasteiger partial charge is 0.326 e. The summed E-state index contributed by atoms with van der Waals surface area (Å²) in [5, 5.41) is 6.03. The molecule has 2 heterocycles. The Kier molecular flexibility index (Phi) is 9.66. The predicted octanol–water partition coefficient (Wildman–Crippen LogP) is 1.65. The number of sulfonamides is 1. The molecule has 28 heavy (non-hydrogen) atoms. The number of nitrogens with one attached hydrogen (secondary N) is 2. The van der Waals surface area contributed by atoms with Crippen LogP contribution in [0.3, 0.4) is 0 Å². The zero-order valence-corrected chi connectivity index (χ0v) is 18.7. The first-order chi connectivity index (χ1) is 12.4. The smallest absolute Gasteiger partial charge is 0.243 e. The Morgan fingerprint density at radius 1 is 1.18 bits per heavy atom. The van der Waals surface area contributed by atoms with E-state index in [1.165, 1.54) is 0 Å². The van der Waals surface area contributed by atoms with E-state index in [1.807, 2.05) is 14.0 Å². The lowest BCUT2D eigenvalue weighted by Gasteiger charge is -2.31. The average molecular weight is 453 g/mol. The van der Waals surface area contributed by atoms with E-state index < -0.39 is 10.0 Å². The van der Waals surface area contributed by atoms with Crippen LogP contribution in [0, 0.1) is 11.8 Å². The molecule has 0 saturated carbocycles. The number of carbonyl (C=O) groups excluding carboxylic acids is 1. The Labute approximate surface area is 180 Å². The lowest BCUT2D eigenvalue weighted by Crippen LogP contribution is -2.48. The first kappa shape index (κ1) is 25.1. The number of nitrogens with zero attached hydrogens (tertiary/aromatic N) is 2. The molecular weight excluding hydrogens is 423 g/mol. The molecular formula is C18H30Cl2N4O3S. The number of anilines is 1. The van der Waals surface area contributed by atoms with Gasteiger partial charge < -0.3 is 15.5 Å². The standard InChI is InChI=1S/C18H28N4O3S.2ClH/c1-14(15-12-19-13-15)18(23)20-16-5-3-6-17(11-16)26(24,25)22-8-4-7-21(2)9-10-22;;/h3,5-6,11,14-15,19H,4,7-10,12-13H2,1-2H3,(H,20,23);2*1H. The maximum absolute atomic E-state index is 13.0. The summed E-state index contributed by atoms with van der Waals surface area (Å²) in [6, 6.07) is 6.58. The minimum absolute atomic E-state index is 0. The molecule has 7 nitrogen and oxygen atoms in total. The number of halogens is 2. The van der Waals surface area contributed by atoms with Gasteiger partial charge >= 0.3 is 0 Å². The Balaban J connectivity index is 0.00000196. The van der Waals surface area contributed by atoms with Crippen LogP contribution in [0.1, 0.15) is 13.3 Å². The normalized spacial score (nSPS) is 20.1. The maximum atomic E-state index is 13.0. The molecule has 0 bridgehead atoms. The summed E-state index contributed by atoms with van der Waals surface area (Å²) in [6.45, 7) is 6.25. The highest BCUT2D eigenvalue weighted by Gasteiger charge is 2.29. The lowest BCUT2D eigenvalue weighted by molar-refractivity contribution is -0.121. The molecule has 1 amide bonds. The molecule has 1 atom stereocenters. The second-order valence-corrected chi connectivity index (χ2v) is 9.22. The van der Waals surface area contributed by atoms with Gasteiger partial charge in [-0.05, 0) is 57.2 Å². The Morgan fingerprint density at radius 2 is 1.89 bits per heavy atom. The van der Waals surface area contributed by atoms with Crippen LogP contribution >= 0.6 is 24.8 Å². The van der Waals surface area contributed by atoms with Gasteiger partial charge in [0.2, 0.25) is 15.9 Å². The molecule has 1 unspecified atom stereocenters. The fourth-order valence-electron chi connectivity index (χ4n) is 3.28. The van der Waals surface area contributed by atoms with Gasteiger partial charge in [0.05, 0.1) is 4.90 Å². The van der Waals surface area contributed by atoms with E-state index in [0.29, 0.717) is 24.7 Å². The highest BCUT2D eigenvalue weighted by atomic mass is 35.5. The quantitative estimate of drug-likeness (QED) is 0.709. The molecule has 0 radical (unpaired) electrons. The van der Waals surface area contributed by atoms with Crippen molar-refractivity contribution in [2.75, 3.05) is 51.6 Å². The lowest BCUT2D eigenvalue weighted by atomic mass is 9.88. The van der Waals surface area contributed by atoms with E-state index >= 15 is 0 Å². The third kappa shape index (κ3) is 5.81. The SMILES string of the molecule is CC(C(=O)Nc1cccc(S(=O)(=O)N2CCCN(C)CC2)c1)C1CNC1.Cl.Cl. The van der Waals surface area contributed by atoms with E-state index in [2.05, 4.69) is 15.5 Å². The van der Waals surface area contributed by atoms with E-state index in [0.717, 1.165) is 32.6 Å². The van der Waals surface area contributed by atoms with Crippen molar-refractivity contribution in [3.63, 3.8) is 0 Å². The molecule has 2 N–H and O–H groups in total. The van der Waals surface area contributed by atoms with Crippen LogP contribution < -0.4 is 10.6 Å². The van der Waals surface area contributed by atoms with Crippen LogP contribution in [-0.4, -0.2) is 69.8 Å². The molecule has 2 aliphatic rings. The van der Waals surface area contributed by atoms with Crippen LogP contribution in [0.2, 0.25) is 0 Å². The summed E-state index contributed by atoms with van der Waals surface area (Å²) in [5.41, 5.74) is 0.530. The highest BCUT2D eigenvalue weighted by Crippen LogP contribution is 2.23. The van der Waals surface area contributed by atoms with Crippen molar-refractivity contribution < 1.29 is 13.2 Å². The van der Waals surface area contributed by atoms with Gasteiger partial charge in [0.25, 0.3) is 0 Å². The second-order valence-electron chi connectivity index (χ2n) is 7.29. The Morgan fingerprint density at radius 3 is 2.54 bits per heavy atom. The third-order valence-electron chi connectivity index (χ3n) is 5.35. The van der Waals surface area contributed by atoms with Crippen LogP contribution in [0.15, 0.2) is 29.2 Å². The molecule has 0 aliphatic carbocycles. The zero-order chi connectivity index (χ0) is 18.7. The molecule has 1 aromatic rings. The van der Waals surface area contributed by atoms with Crippen LogP contribution in [-0.2, 0) is 14.8 Å². The molecule has 2 saturated heterocycles. The minimum Gasteiger partial charge on any atom is -0.326 e. The molecule has 0 aromatic heterocycles. The number of amides is 1. The topological polar surface area (TPSA) is 81.8 Å². The van der Waals surface area contributed by atoms with E-state index in [-0.39, 0.29) is 41.5 Å². The van der Waals surface area contributed by atoms with Crippen molar-refractivity contribution >= 4 is 46.4 Å². The fourth-order valence-corrected chi connectivity index (χ4v) is 4.80. The Hall–Kier alpha value is -0.900. The first-order valence-electron chi connectivity index (χ1n) is 9.18. The van der Waals surface area contributed by atoms with Crippen molar-refractivity contribution in [1.82, 2.24) is 14.5 Å². The van der Waals surface area contributed by atoms with E-state index in [4.69, 9.17) is 0 Å². The molecule has 3 rings (SSSR count). The summed E-state index contributed by atoms with van der Waals surface area (Å²) in [5.74, 6) is 0.177. The van der Waals surface area contributed by atoms with Gasteiger partial charge in [-0.1, -0.05) is 13.0 Å². The number of likely N-dealkylation sites (N-methyl/N-ethyl adjacent to an activating group) is 1. The predicted molar refractivity (Wildman–Crippen MR) is 116 cm³/mol. The number of hydrogen-bond donors (Lipinski definition) is 2. The van der Waals surface area contributed by atoms with Gasteiger partial charge in [0.1, 0.15) is 0 Å². The van der Waals surface area contributed by atoms with Crippen molar-refractivity contribution in [1.29, 1.82) is 0 Å². The van der Waals surface area contributed by atoms with E-state index in [9.17, 15) is 13.2 Å². The molecule has 10 heteroatoms. The van der Waals surface area contributed by atoms with Gasteiger partial charge in [0.15, 0.2) is 0 Å². The summed E-state index contributed by atoms with van der Waals surface area (Å²) in [6.07, 6.45) is 0.819. The van der Waals surface area contributed by atoms with Gasteiger partial charge in [0, 0.05) is 31.2 Å². The molecule has 1 aromatic carbocycles. The molecule has 0 spiro atoms. The van der Waals surface area contributed by atoms with Gasteiger partial charge in [-0.3, -0.25) is 4.79 Å². The van der Waals surface area contributed by atoms with Crippen LogP contribution in [0.25, 0.3) is 0 Å². The van der Waals surface area contributed by atoms with Gasteiger partial charge in [-0.15, -0.1) is 24.8 Å². The molecule has 2 aliphatic heterocycles. The maximum Gasteiger partial charge on any atom is 0.243 e. The Bertz CT molecular complexity index is 759. The van der Waals surface area contributed by atoms with Crippen LogP contribution in [0.4, 0.5) is 5.69 Å². The van der Waals surface area contributed by atoms with Gasteiger partial charge in [-0.2, -0.15) is 4.31 Å². The molecule has 160 valence electrons. The number of rotatable bonds is 5. The summed E-state index contributed by atoms with van der Waals surface area (Å²) in [7, 11) is -1.55. The minimum atomic E-state index is -3.55. The van der Waals surface area contributed by atoms with Crippen molar-refractivity contribution in [2.45, 2.75) is 18.2 Å². The van der Waals surface area contributed by atoms with Crippen molar-refractivity contribution in [3.05, 3.63) is 24.3 Å². The zero-order valence-electron chi connectivity index (χ0n) is 16.3. The highest BCUT2D eigenvalue weighted by molar-refractivity contribution is 7.89. The monoisotopic (exact) mass is 452 g/mol. The third-order valence-corrected chi connectivity index (χ3v) is 7.25. The fraction of sp³-hybridized carbons (Fsp3) is 0.611. The molecule has 2 fully saturated rings. The summed E-state index contributed by atoms with van der Waals surface area (Å²) in [4.78, 5) is 14.8.